The zero-order chi connectivity index (χ0) is 10.1. The molecule has 0 amide bonds. The van der Waals surface area contributed by atoms with Gasteiger partial charge < -0.3 is 4.55 Å². The van der Waals surface area contributed by atoms with Gasteiger partial charge in [-0.2, -0.15) is 0 Å². The maximum atomic E-state index is 12.8. The molecule has 1 N–H and O–H groups in total. The summed E-state index contributed by atoms with van der Waals surface area (Å²) >= 11 is 5.39. The van der Waals surface area contributed by atoms with Crippen LogP contribution in [0.25, 0.3) is 0 Å². The molecule has 0 aromatic heterocycles. The predicted molar refractivity (Wildman–Crippen MR) is 44.7 cm³/mol. The van der Waals surface area contributed by atoms with E-state index >= 15 is 0 Å². The van der Waals surface area contributed by atoms with Crippen LogP contribution in [0.5, 0.6) is 0 Å². The molecule has 72 valence electrons. The van der Waals surface area contributed by atoms with E-state index in [4.69, 9.17) is 11.6 Å². The molecule has 1 aromatic rings. The van der Waals surface area contributed by atoms with Gasteiger partial charge in [-0.05, 0) is 18.2 Å². The van der Waals surface area contributed by atoms with Gasteiger partial charge in [0.25, 0.3) is 0 Å². The van der Waals surface area contributed by atoms with Gasteiger partial charge in [-0.1, -0.05) is 11.6 Å². The standard InChI is InChI=1S/C6H5ClFNO3S.Na/c7-4-1-2-6(5(8)3-4)9-13(10,11)12;/h1-3,9H,(H,10,11,12);/q;+1/p-1. The SMILES string of the molecule is O=S(=O)([O-])Nc1ccc(Cl)cc1F.[Na+]. The molecule has 0 aliphatic heterocycles. The molecule has 0 saturated carbocycles. The summed E-state index contributed by atoms with van der Waals surface area (Å²) in [6, 6.07) is 3.22. The Balaban J connectivity index is 0.00000169. The molecule has 1 aromatic carbocycles. The van der Waals surface area contributed by atoms with Crippen molar-refractivity contribution >= 4 is 27.6 Å². The van der Waals surface area contributed by atoms with Crippen molar-refractivity contribution in [2.75, 3.05) is 4.72 Å². The molecule has 0 fully saturated rings. The van der Waals surface area contributed by atoms with Crippen molar-refractivity contribution < 1.29 is 46.9 Å². The van der Waals surface area contributed by atoms with Crippen LogP contribution in [0.1, 0.15) is 0 Å². The first kappa shape index (κ1) is 14.2. The number of benzene rings is 1. The van der Waals surface area contributed by atoms with Crippen LogP contribution in [-0.4, -0.2) is 13.0 Å². The Morgan fingerprint density at radius 3 is 2.43 bits per heavy atom. The summed E-state index contributed by atoms with van der Waals surface area (Å²) in [5.74, 6) is -0.896. The van der Waals surface area contributed by atoms with E-state index in [-0.39, 0.29) is 34.6 Å². The molecule has 0 heterocycles. The Hall–Kier alpha value is 0.150. The monoisotopic (exact) mass is 247 g/mol. The third-order valence-corrected chi connectivity index (χ3v) is 1.87. The fourth-order valence-corrected chi connectivity index (χ4v) is 1.30. The molecule has 0 saturated heterocycles. The average Bonchev–Trinajstić information content (AvgIpc) is 1.93. The Bertz CT molecular complexity index is 425. The molecule has 0 radical (unpaired) electrons. The van der Waals surface area contributed by atoms with E-state index in [1.165, 1.54) is 10.8 Å². The van der Waals surface area contributed by atoms with Crippen LogP contribution in [-0.2, 0) is 10.3 Å². The van der Waals surface area contributed by atoms with Crippen molar-refractivity contribution in [3.05, 3.63) is 29.0 Å². The van der Waals surface area contributed by atoms with Crippen LogP contribution >= 0.6 is 11.6 Å². The predicted octanol–water partition coefficient (Wildman–Crippen LogP) is -1.64. The molecule has 0 unspecified atom stereocenters. The van der Waals surface area contributed by atoms with Gasteiger partial charge in [0.05, 0.1) is 5.69 Å². The van der Waals surface area contributed by atoms with Gasteiger partial charge in [-0.3, -0.25) is 4.72 Å². The first-order chi connectivity index (χ1) is 5.88. The number of nitrogens with one attached hydrogen (secondary N) is 1. The van der Waals surface area contributed by atoms with E-state index in [1.807, 2.05) is 0 Å². The third kappa shape index (κ3) is 4.59. The van der Waals surface area contributed by atoms with Gasteiger partial charge in [0.2, 0.25) is 0 Å². The van der Waals surface area contributed by atoms with E-state index < -0.39 is 21.8 Å². The summed E-state index contributed by atoms with van der Waals surface area (Å²) in [6.07, 6.45) is 0. The van der Waals surface area contributed by atoms with Crippen molar-refractivity contribution in [1.82, 2.24) is 0 Å². The summed E-state index contributed by atoms with van der Waals surface area (Å²) in [6.45, 7) is 0. The summed E-state index contributed by atoms with van der Waals surface area (Å²) in [4.78, 5) is 0. The molecule has 1 rings (SSSR count). The van der Waals surface area contributed by atoms with Gasteiger partial charge in [-0.25, -0.2) is 12.8 Å². The van der Waals surface area contributed by atoms with Gasteiger partial charge in [0.1, 0.15) is 5.82 Å². The molecule has 0 spiro atoms. The van der Waals surface area contributed by atoms with Crippen molar-refractivity contribution in [2.24, 2.45) is 0 Å². The number of halogens is 2. The average molecular weight is 248 g/mol. The van der Waals surface area contributed by atoms with E-state index in [2.05, 4.69) is 0 Å². The molecule has 0 bridgehead atoms. The molecule has 0 aliphatic carbocycles. The molecule has 14 heavy (non-hydrogen) atoms. The topological polar surface area (TPSA) is 69.2 Å². The maximum Gasteiger partial charge on any atom is 1.00 e. The summed E-state index contributed by atoms with van der Waals surface area (Å²) in [7, 11) is -4.70. The second-order valence-corrected chi connectivity index (χ2v) is 3.73. The van der Waals surface area contributed by atoms with E-state index in [9.17, 15) is 17.4 Å². The van der Waals surface area contributed by atoms with Crippen LogP contribution in [0.15, 0.2) is 18.2 Å². The third-order valence-electron chi connectivity index (χ3n) is 1.17. The smallest absolute Gasteiger partial charge is 0.731 e. The summed E-state index contributed by atoms with van der Waals surface area (Å²) in [5.41, 5.74) is -0.417. The Morgan fingerprint density at radius 2 is 2.00 bits per heavy atom. The van der Waals surface area contributed by atoms with Crippen molar-refractivity contribution in [2.45, 2.75) is 0 Å². The van der Waals surface area contributed by atoms with Crippen molar-refractivity contribution in [3.8, 4) is 0 Å². The number of anilines is 1. The minimum Gasteiger partial charge on any atom is -0.731 e. The number of hydrogen-bond acceptors (Lipinski definition) is 3. The van der Waals surface area contributed by atoms with Crippen molar-refractivity contribution in [3.63, 3.8) is 0 Å². The molecule has 0 atom stereocenters. The Labute approximate surface area is 108 Å². The molecular formula is C6H4ClFNNaO3S. The Morgan fingerprint density at radius 1 is 1.43 bits per heavy atom. The number of rotatable bonds is 2. The van der Waals surface area contributed by atoms with E-state index in [0.29, 0.717) is 0 Å². The number of hydrogen-bond donors (Lipinski definition) is 1. The van der Waals surface area contributed by atoms with Gasteiger partial charge >= 0.3 is 29.6 Å². The quantitative estimate of drug-likeness (QED) is 0.503. The second-order valence-electron chi connectivity index (χ2n) is 2.18. The minimum absolute atomic E-state index is 0. The summed E-state index contributed by atoms with van der Waals surface area (Å²) < 4.78 is 44.8. The maximum absolute atomic E-state index is 12.8. The fourth-order valence-electron chi connectivity index (χ4n) is 0.707. The van der Waals surface area contributed by atoms with E-state index in [0.717, 1.165) is 12.1 Å². The molecule has 8 heteroatoms. The zero-order valence-corrected chi connectivity index (χ0v) is 10.7. The first-order valence-corrected chi connectivity index (χ1v) is 4.86. The molecule has 0 aliphatic rings. The fraction of sp³-hybridized carbons (Fsp3) is 0. The zero-order valence-electron chi connectivity index (χ0n) is 7.12. The summed E-state index contributed by atoms with van der Waals surface area (Å²) in [5, 5.41) is 0.117. The van der Waals surface area contributed by atoms with Crippen LogP contribution < -0.4 is 34.3 Å². The minimum atomic E-state index is -4.70. The Kier molecular flexibility index (Phi) is 5.35. The van der Waals surface area contributed by atoms with Gasteiger partial charge in [0, 0.05) is 5.02 Å². The van der Waals surface area contributed by atoms with Crippen LogP contribution in [0, 0.1) is 5.82 Å². The van der Waals surface area contributed by atoms with E-state index in [1.54, 1.807) is 0 Å². The van der Waals surface area contributed by atoms with Crippen molar-refractivity contribution in [1.29, 1.82) is 0 Å². The normalized spacial score (nSPS) is 10.5. The van der Waals surface area contributed by atoms with Crippen LogP contribution in [0.4, 0.5) is 10.1 Å². The van der Waals surface area contributed by atoms with Crippen LogP contribution in [0.3, 0.4) is 0 Å². The first-order valence-electron chi connectivity index (χ1n) is 3.07. The molecular weight excluding hydrogens is 244 g/mol. The van der Waals surface area contributed by atoms with Gasteiger partial charge in [-0.15, -0.1) is 0 Å². The van der Waals surface area contributed by atoms with Crippen LogP contribution in [0.2, 0.25) is 5.02 Å². The van der Waals surface area contributed by atoms with Gasteiger partial charge in [0.15, 0.2) is 10.3 Å². The molecule has 4 nitrogen and oxygen atoms in total. The largest absolute Gasteiger partial charge is 1.00 e. The second kappa shape index (κ2) is 5.29.